The molecule has 0 aliphatic carbocycles. The highest BCUT2D eigenvalue weighted by Crippen LogP contribution is 2.33. The highest BCUT2D eigenvalue weighted by Gasteiger charge is 2.37. The minimum absolute atomic E-state index is 0.214. The molecule has 1 aliphatic rings. The van der Waals surface area contributed by atoms with Gasteiger partial charge in [0, 0.05) is 17.0 Å². The fourth-order valence-corrected chi connectivity index (χ4v) is 3.42. The van der Waals surface area contributed by atoms with Gasteiger partial charge in [0.15, 0.2) is 0 Å². The van der Waals surface area contributed by atoms with E-state index in [1.165, 1.54) is 0 Å². The monoisotopic (exact) mass is 327 g/mol. The van der Waals surface area contributed by atoms with Crippen molar-refractivity contribution < 1.29 is 4.74 Å². The standard InChI is InChI=1S/C16H17N5OS/c1-2-16(10-22-11-16)9-21-7-13(19-20-21)14-8-23-15(18-14)12-5-3-4-6-17-12/h3-8H,2,9-11H2,1H3. The van der Waals surface area contributed by atoms with Crippen LogP contribution in [0, 0.1) is 5.41 Å². The average Bonchev–Trinajstić information content (AvgIpc) is 3.21. The van der Waals surface area contributed by atoms with Crippen LogP contribution in [0.1, 0.15) is 13.3 Å². The van der Waals surface area contributed by atoms with Crippen LogP contribution < -0.4 is 0 Å². The Labute approximate surface area is 138 Å². The Morgan fingerprint density at radius 2 is 2.17 bits per heavy atom. The highest BCUT2D eigenvalue weighted by molar-refractivity contribution is 7.13. The van der Waals surface area contributed by atoms with Crippen LogP contribution in [0.5, 0.6) is 0 Å². The van der Waals surface area contributed by atoms with Gasteiger partial charge in [0.1, 0.15) is 16.4 Å². The predicted octanol–water partition coefficient (Wildman–Crippen LogP) is 2.89. The van der Waals surface area contributed by atoms with E-state index in [-0.39, 0.29) is 5.41 Å². The molecule has 4 rings (SSSR count). The molecule has 3 aromatic heterocycles. The summed E-state index contributed by atoms with van der Waals surface area (Å²) in [7, 11) is 0. The van der Waals surface area contributed by atoms with Crippen molar-refractivity contribution in [3.63, 3.8) is 0 Å². The molecule has 1 fully saturated rings. The third kappa shape index (κ3) is 2.77. The second kappa shape index (κ2) is 5.82. The van der Waals surface area contributed by atoms with Gasteiger partial charge < -0.3 is 4.74 Å². The van der Waals surface area contributed by atoms with Crippen LogP contribution in [0.25, 0.3) is 22.1 Å². The topological polar surface area (TPSA) is 65.7 Å². The van der Waals surface area contributed by atoms with Crippen molar-refractivity contribution in [1.29, 1.82) is 0 Å². The quantitative estimate of drug-likeness (QED) is 0.721. The molecule has 0 amide bonds. The smallest absolute Gasteiger partial charge is 0.142 e. The second-order valence-electron chi connectivity index (χ2n) is 5.90. The first-order valence-corrected chi connectivity index (χ1v) is 8.51. The molecule has 0 N–H and O–H groups in total. The number of aromatic nitrogens is 5. The third-order valence-corrected chi connectivity index (χ3v) is 5.12. The Hall–Kier alpha value is -2.12. The zero-order chi connectivity index (χ0) is 15.7. The molecule has 4 heterocycles. The van der Waals surface area contributed by atoms with Crippen molar-refractivity contribution in [3.05, 3.63) is 36.0 Å². The van der Waals surface area contributed by atoms with Crippen molar-refractivity contribution in [2.45, 2.75) is 19.9 Å². The van der Waals surface area contributed by atoms with E-state index in [0.29, 0.717) is 0 Å². The molecule has 0 aromatic carbocycles. The van der Waals surface area contributed by atoms with Crippen LogP contribution in [0.15, 0.2) is 36.0 Å². The minimum atomic E-state index is 0.214. The van der Waals surface area contributed by atoms with Gasteiger partial charge in [0.25, 0.3) is 0 Å². The van der Waals surface area contributed by atoms with Gasteiger partial charge in [-0.3, -0.25) is 9.67 Å². The molecule has 3 aromatic rings. The summed E-state index contributed by atoms with van der Waals surface area (Å²) in [6.07, 6.45) is 4.83. The number of rotatable bonds is 5. The Bertz CT molecular complexity index is 788. The van der Waals surface area contributed by atoms with Crippen molar-refractivity contribution in [2.24, 2.45) is 5.41 Å². The lowest BCUT2D eigenvalue weighted by Gasteiger charge is -2.40. The largest absolute Gasteiger partial charge is 0.380 e. The molecule has 7 heteroatoms. The van der Waals surface area contributed by atoms with Gasteiger partial charge in [0.05, 0.1) is 31.6 Å². The first-order valence-electron chi connectivity index (χ1n) is 7.63. The van der Waals surface area contributed by atoms with Gasteiger partial charge in [-0.1, -0.05) is 18.2 Å². The van der Waals surface area contributed by atoms with Crippen molar-refractivity contribution >= 4 is 11.3 Å². The molecule has 23 heavy (non-hydrogen) atoms. The van der Waals surface area contributed by atoms with E-state index in [9.17, 15) is 0 Å². The van der Waals surface area contributed by atoms with Gasteiger partial charge in [0.2, 0.25) is 0 Å². The molecule has 0 atom stereocenters. The molecule has 0 spiro atoms. The van der Waals surface area contributed by atoms with Crippen LogP contribution in [0.2, 0.25) is 0 Å². The lowest BCUT2D eigenvalue weighted by molar-refractivity contribution is -0.125. The fourth-order valence-electron chi connectivity index (χ4n) is 2.63. The van der Waals surface area contributed by atoms with E-state index in [2.05, 4.69) is 27.2 Å². The van der Waals surface area contributed by atoms with Crippen LogP contribution >= 0.6 is 11.3 Å². The summed E-state index contributed by atoms with van der Waals surface area (Å²) < 4.78 is 7.27. The van der Waals surface area contributed by atoms with Crippen molar-refractivity contribution in [3.8, 4) is 22.1 Å². The summed E-state index contributed by atoms with van der Waals surface area (Å²) in [6.45, 7) is 4.64. The summed E-state index contributed by atoms with van der Waals surface area (Å²) in [5.41, 5.74) is 2.74. The van der Waals surface area contributed by atoms with Crippen molar-refractivity contribution in [2.75, 3.05) is 13.2 Å². The predicted molar refractivity (Wildman–Crippen MR) is 87.9 cm³/mol. The zero-order valence-electron chi connectivity index (χ0n) is 12.8. The minimum Gasteiger partial charge on any atom is -0.380 e. The van der Waals surface area contributed by atoms with Gasteiger partial charge in [-0.25, -0.2) is 4.98 Å². The van der Waals surface area contributed by atoms with Crippen LogP contribution in [0.4, 0.5) is 0 Å². The maximum Gasteiger partial charge on any atom is 0.142 e. The molecule has 1 saturated heterocycles. The molecule has 1 aliphatic heterocycles. The van der Waals surface area contributed by atoms with E-state index in [1.54, 1.807) is 17.5 Å². The highest BCUT2D eigenvalue weighted by atomic mass is 32.1. The second-order valence-corrected chi connectivity index (χ2v) is 6.76. The molecule has 118 valence electrons. The molecular formula is C16H17N5OS. The fraction of sp³-hybridized carbons (Fsp3) is 0.375. The molecule has 6 nitrogen and oxygen atoms in total. The molecule has 0 saturated carbocycles. The number of nitrogens with zero attached hydrogens (tertiary/aromatic N) is 5. The zero-order valence-corrected chi connectivity index (χ0v) is 13.7. The van der Waals surface area contributed by atoms with E-state index in [0.717, 1.165) is 48.3 Å². The first-order chi connectivity index (χ1) is 11.3. The van der Waals surface area contributed by atoms with Crippen LogP contribution in [-0.4, -0.2) is 38.2 Å². The van der Waals surface area contributed by atoms with Gasteiger partial charge >= 0.3 is 0 Å². The number of thiazole rings is 1. The molecule has 0 unspecified atom stereocenters. The molecule has 0 radical (unpaired) electrons. The molecule has 0 bridgehead atoms. The first kappa shape index (κ1) is 14.5. The lowest BCUT2D eigenvalue weighted by atomic mass is 9.83. The number of hydrogen-bond acceptors (Lipinski definition) is 6. The van der Waals surface area contributed by atoms with Crippen molar-refractivity contribution in [1.82, 2.24) is 25.0 Å². The summed E-state index contributed by atoms with van der Waals surface area (Å²) >= 11 is 1.57. The normalized spacial score (nSPS) is 16.2. The summed E-state index contributed by atoms with van der Waals surface area (Å²) in [5, 5.41) is 11.4. The average molecular weight is 327 g/mol. The van der Waals surface area contributed by atoms with E-state index >= 15 is 0 Å². The Kier molecular flexibility index (Phi) is 3.66. The maximum atomic E-state index is 5.37. The number of ether oxygens (including phenoxy) is 1. The van der Waals surface area contributed by atoms with Gasteiger partial charge in [-0.2, -0.15) is 0 Å². The SMILES string of the molecule is CCC1(Cn2cc(-c3csc(-c4ccccn4)n3)nn2)COC1. The van der Waals surface area contributed by atoms with E-state index in [1.807, 2.05) is 34.5 Å². The summed E-state index contributed by atoms with van der Waals surface area (Å²) in [5.74, 6) is 0. The number of pyridine rings is 1. The van der Waals surface area contributed by atoms with E-state index in [4.69, 9.17) is 4.74 Å². The Balaban J connectivity index is 1.54. The summed E-state index contributed by atoms with van der Waals surface area (Å²) in [4.78, 5) is 8.96. The Morgan fingerprint density at radius 1 is 1.26 bits per heavy atom. The Morgan fingerprint density at radius 3 is 2.87 bits per heavy atom. The van der Waals surface area contributed by atoms with Crippen LogP contribution in [-0.2, 0) is 11.3 Å². The van der Waals surface area contributed by atoms with Gasteiger partial charge in [-0.05, 0) is 18.6 Å². The third-order valence-electron chi connectivity index (χ3n) is 4.25. The maximum absolute atomic E-state index is 5.37. The summed E-state index contributed by atoms with van der Waals surface area (Å²) in [6, 6.07) is 5.82. The van der Waals surface area contributed by atoms with E-state index < -0.39 is 0 Å². The van der Waals surface area contributed by atoms with Gasteiger partial charge in [-0.15, -0.1) is 16.4 Å². The van der Waals surface area contributed by atoms with Crippen LogP contribution in [0.3, 0.4) is 0 Å². The lowest BCUT2D eigenvalue weighted by Crippen LogP contribution is -2.45. The molecular weight excluding hydrogens is 310 g/mol. The number of hydrogen-bond donors (Lipinski definition) is 0.